The molecule has 2 amide bonds. The molecule has 1 heterocycles. The molecule has 1 aliphatic heterocycles. The molecule has 0 saturated heterocycles. The molecular formula is C7H11Cl2N5O2S2. The fourth-order valence-electron chi connectivity index (χ4n) is 0.991. The van der Waals surface area contributed by atoms with Crippen LogP contribution in [0.4, 0.5) is 0 Å². The predicted molar refractivity (Wildman–Crippen MR) is 78.3 cm³/mol. The molecule has 0 saturated carbocycles. The molecule has 6 N–H and O–H groups in total. The van der Waals surface area contributed by atoms with Crippen LogP contribution in [0, 0.1) is 10.8 Å². The predicted octanol–water partition coefficient (Wildman–Crippen LogP) is 0.294. The van der Waals surface area contributed by atoms with Crippen LogP contribution in [-0.4, -0.2) is 34.1 Å². The van der Waals surface area contributed by atoms with Crippen LogP contribution >= 0.6 is 48.3 Å². The van der Waals surface area contributed by atoms with Crippen molar-refractivity contribution in [1.29, 1.82) is 10.8 Å². The summed E-state index contributed by atoms with van der Waals surface area (Å²) in [4.78, 5) is 24.2. The minimum atomic E-state index is -0.533. The third-order valence-electron chi connectivity index (χ3n) is 1.63. The molecule has 102 valence electrons. The number of amidine groups is 2. The van der Waals surface area contributed by atoms with Gasteiger partial charge in [-0.1, -0.05) is 0 Å². The fraction of sp³-hybridized carbons (Fsp3) is 0.143. The Morgan fingerprint density at radius 3 is 1.50 bits per heavy atom. The van der Waals surface area contributed by atoms with Gasteiger partial charge < -0.3 is 11.5 Å². The second kappa shape index (κ2) is 7.52. The maximum atomic E-state index is 11.6. The lowest BCUT2D eigenvalue weighted by Crippen LogP contribution is -2.27. The van der Waals surface area contributed by atoms with Crippen molar-refractivity contribution in [3.63, 3.8) is 0 Å². The van der Waals surface area contributed by atoms with Gasteiger partial charge in [0.25, 0.3) is 11.8 Å². The van der Waals surface area contributed by atoms with Crippen molar-refractivity contribution in [1.82, 2.24) is 4.90 Å². The van der Waals surface area contributed by atoms with E-state index in [2.05, 4.69) is 0 Å². The fourth-order valence-corrected chi connectivity index (χ4v) is 2.49. The molecule has 0 unspecified atom stereocenters. The van der Waals surface area contributed by atoms with Crippen molar-refractivity contribution < 1.29 is 9.59 Å². The average Bonchev–Trinajstić information content (AvgIpc) is 2.34. The van der Waals surface area contributed by atoms with E-state index in [0.29, 0.717) is 23.5 Å². The summed E-state index contributed by atoms with van der Waals surface area (Å²) in [7, 11) is 1.32. The molecule has 0 aromatic rings. The summed E-state index contributed by atoms with van der Waals surface area (Å²) in [5, 5.41) is 13.6. The number of halogens is 2. The van der Waals surface area contributed by atoms with E-state index < -0.39 is 11.8 Å². The summed E-state index contributed by atoms with van der Waals surface area (Å²) < 4.78 is 0. The van der Waals surface area contributed by atoms with Gasteiger partial charge in [0.15, 0.2) is 10.3 Å². The van der Waals surface area contributed by atoms with E-state index >= 15 is 0 Å². The zero-order chi connectivity index (χ0) is 12.5. The standard InChI is InChI=1S/C7H9N5O2S2.2ClH/c1-12-4(13)2(15-6(8)9)3(5(12)14)16-7(10)11;;/h1H3,(H3,8,9)(H3,10,11);2*1H. The Labute approximate surface area is 124 Å². The molecule has 1 aliphatic rings. The van der Waals surface area contributed by atoms with E-state index in [0.717, 1.165) is 4.90 Å². The van der Waals surface area contributed by atoms with Crippen LogP contribution in [0.2, 0.25) is 0 Å². The smallest absolute Gasteiger partial charge is 0.268 e. The first-order valence-corrected chi connectivity index (χ1v) is 5.58. The van der Waals surface area contributed by atoms with Crippen LogP contribution in [0.1, 0.15) is 0 Å². The van der Waals surface area contributed by atoms with Crippen molar-refractivity contribution >= 4 is 70.5 Å². The van der Waals surface area contributed by atoms with Gasteiger partial charge >= 0.3 is 0 Å². The van der Waals surface area contributed by atoms with Crippen molar-refractivity contribution in [2.45, 2.75) is 0 Å². The molecule has 0 atom stereocenters. The molecule has 0 bridgehead atoms. The second-order valence-corrected chi connectivity index (χ2v) is 4.86. The molecule has 18 heavy (non-hydrogen) atoms. The van der Waals surface area contributed by atoms with Crippen molar-refractivity contribution in [3.05, 3.63) is 9.81 Å². The molecule has 0 aliphatic carbocycles. The van der Waals surface area contributed by atoms with Gasteiger partial charge in [-0.05, 0) is 23.5 Å². The van der Waals surface area contributed by atoms with Gasteiger partial charge in [-0.2, -0.15) is 0 Å². The highest BCUT2D eigenvalue weighted by Gasteiger charge is 2.37. The van der Waals surface area contributed by atoms with E-state index in [4.69, 9.17) is 22.3 Å². The van der Waals surface area contributed by atoms with Gasteiger partial charge in [-0.15, -0.1) is 24.8 Å². The van der Waals surface area contributed by atoms with E-state index in [1.54, 1.807) is 0 Å². The highest BCUT2D eigenvalue weighted by molar-refractivity contribution is 8.21. The Balaban J connectivity index is 0. The third-order valence-corrected chi connectivity index (χ3v) is 3.36. The summed E-state index contributed by atoms with van der Waals surface area (Å²) >= 11 is 1.37. The zero-order valence-electron chi connectivity index (χ0n) is 9.05. The monoisotopic (exact) mass is 331 g/mol. The maximum absolute atomic E-state index is 11.6. The number of thioether (sulfide) groups is 2. The molecule has 0 aromatic heterocycles. The third kappa shape index (κ3) is 4.09. The molecule has 0 radical (unpaired) electrons. The number of carbonyl (C=O) groups is 2. The number of imide groups is 1. The molecule has 0 spiro atoms. The van der Waals surface area contributed by atoms with Crippen LogP contribution in [-0.2, 0) is 9.59 Å². The topological polar surface area (TPSA) is 137 Å². The van der Waals surface area contributed by atoms with Crippen LogP contribution in [0.5, 0.6) is 0 Å². The Bertz CT molecular complexity index is 402. The Hall–Kier alpha value is -0.900. The molecule has 0 aromatic carbocycles. The number of hydrogen-bond acceptors (Lipinski definition) is 6. The number of amides is 2. The minimum absolute atomic E-state index is 0. The van der Waals surface area contributed by atoms with Gasteiger partial charge in [0.2, 0.25) is 0 Å². The normalized spacial score (nSPS) is 14.2. The van der Waals surface area contributed by atoms with Crippen LogP contribution in [0.25, 0.3) is 0 Å². The molecule has 0 fully saturated rings. The van der Waals surface area contributed by atoms with Gasteiger partial charge in [0.1, 0.15) is 9.81 Å². The van der Waals surface area contributed by atoms with Crippen LogP contribution < -0.4 is 11.5 Å². The van der Waals surface area contributed by atoms with Gasteiger partial charge in [0.05, 0.1) is 0 Å². The largest absolute Gasteiger partial charge is 0.378 e. The number of nitrogens with zero attached hydrogens (tertiary/aromatic N) is 1. The van der Waals surface area contributed by atoms with E-state index in [9.17, 15) is 9.59 Å². The number of hydrogen-bond donors (Lipinski definition) is 4. The molecular weight excluding hydrogens is 321 g/mol. The molecule has 1 rings (SSSR count). The molecule has 11 heteroatoms. The summed E-state index contributed by atoms with van der Waals surface area (Å²) in [6, 6.07) is 0. The van der Waals surface area contributed by atoms with Crippen molar-refractivity contribution in [3.8, 4) is 0 Å². The highest BCUT2D eigenvalue weighted by Crippen LogP contribution is 2.35. The zero-order valence-corrected chi connectivity index (χ0v) is 12.3. The summed E-state index contributed by atoms with van der Waals surface area (Å²) in [5.74, 6) is -1.07. The van der Waals surface area contributed by atoms with Gasteiger partial charge in [-0.25, -0.2) is 0 Å². The van der Waals surface area contributed by atoms with Gasteiger partial charge in [0, 0.05) is 7.05 Å². The van der Waals surface area contributed by atoms with Crippen LogP contribution in [0.15, 0.2) is 9.81 Å². The average molecular weight is 332 g/mol. The lowest BCUT2D eigenvalue weighted by atomic mass is 10.5. The van der Waals surface area contributed by atoms with E-state index in [-0.39, 0.29) is 45.0 Å². The lowest BCUT2D eigenvalue weighted by molar-refractivity contribution is -0.135. The number of nitrogens with two attached hydrogens (primary N) is 2. The highest BCUT2D eigenvalue weighted by atomic mass is 35.5. The Kier molecular flexibility index (Phi) is 8.12. The van der Waals surface area contributed by atoms with E-state index in [1.165, 1.54) is 7.05 Å². The lowest BCUT2D eigenvalue weighted by Gasteiger charge is -2.05. The van der Waals surface area contributed by atoms with E-state index in [1.807, 2.05) is 0 Å². The number of likely N-dealkylation sites (N-methyl/N-ethyl adjacent to an activating group) is 1. The number of carbonyl (C=O) groups excluding carboxylic acids is 2. The SMILES string of the molecule is CN1C(=O)C(SC(=N)N)=C(SC(=N)N)C1=O.Cl.Cl. The second-order valence-electron chi connectivity index (χ2n) is 2.76. The van der Waals surface area contributed by atoms with Gasteiger partial charge in [-0.3, -0.25) is 25.3 Å². The maximum Gasteiger partial charge on any atom is 0.268 e. The van der Waals surface area contributed by atoms with Crippen LogP contribution in [0.3, 0.4) is 0 Å². The summed E-state index contributed by atoms with van der Waals surface area (Å²) in [6.07, 6.45) is 0. The summed E-state index contributed by atoms with van der Waals surface area (Å²) in [5.41, 5.74) is 10.3. The Morgan fingerprint density at radius 2 is 1.28 bits per heavy atom. The van der Waals surface area contributed by atoms with Crippen molar-refractivity contribution in [2.24, 2.45) is 11.5 Å². The minimum Gasteiger partial charge on any atom is -0.378 e. The number of rotatable bonds is 2. The quantitative estimate of drug-likeness (QED) is 0.326. The first-order valence-electron chi connectivity index (χ1n) is 3.95. The first kappa shape index (κ1) is 19.4. The number of nitrogens with one attached hydrogen (secondary N) is 2. The summed E-state index contributed by atoms with van der Waals surface area (Å²) in [6.45, 7) is 0. The molecule has 7 nitrogen and oxygen atoms in total. The van der Waals surface area contributed by atoms with Crippen molar-refractivity contribution in [2.75, 3.05) is 7.05 Å². The first-order chi connectivity index (χ1) is 7.34. The Morgan fingerprint density at radius 1 is 1.00 bits per heavy atom.